The first-order valence-corrected chi connectivity index (χ1v) is 4.04. The maximum Gasteiger partial charge on any atom is 0.270 e. The Bertz CT molecular complexity index is 333. The molecule has 0 aliphatic rings. The van der Waals surface area contributed by atoms with E-state index < -0.39 is 12.0 Å². The fourth-order valence-electron chi connectivity index (χ4n) is 0.964. The molecule has 0 aromatic carbocycles. The molecular weight excluding hydrogens is 216 g/mol. The zero-order valence-corrected chi connectivity index (χ0v) is 8.31. The van der Waals surface area contributed by atoms with E-state index in [1.165, 1.54) is 20.4 Å². The van der Waals surface area contributed by atoms with Crippen molar-refractivity contribution in [3.63, 3.8) is 0 Å². The second-order valence-corrected chi connectivity index (χ2v) is 2.74. The lowest BCUT2D eigenvalue weighted by Crippen LogP contribution is -1.98. The molecule has 1 heterocycles. The van der Waals surface area contributed by atoms with Crippen molar-refractivity contribution in [2.24, 2.45) is 0 Å². The Morgan fingerprint density at radius 1 is 1.36 bits per heavy atom. The first-order valence-electron chi connectivity index (χ1n) is 3.66. The van der Waals surface area contributed by atoms with E-state index in [0.29, 0.717) is 0 Å². The van der Waals surface area contributed by atoms with E-state index in [1.54, 1.807) is 0 Å². The van der Waals surface area contributed by atoms with Crippen LogP contribution in [0.25, 0.3) is 0 Å². The maximum absolute atomic E-state index is 12.5. The summed E-state index contributed by atoms with van der Waals surface area (Å²) in [6, 6.07) is 0. The molecule has 0 radical (unpaired) electrons. The molecule has 0 saturated heterocycles. The molecule has 0 N–H and O–H groups in total. The maximum atomic E-state index is 12.5. The molecule has 0 aliphatic heterocycles. The van der Waals surface area contributed by atoms with Crippen LogP contribution in [0.2, 0.25) is 5.02 Å². The van der Waals surface area contributed by atoms with Gasteiger partial charge in [0.2, 0.25) is 5.88 Å². The normalized spacial score (nSPS) is 10.4. The van der Waals surface area contributed by atoms with Crippen LogP contribution in [0.4, 0.5) is 8.78 Å². The number of aromatic nitrogens is 1. The molecule has 1 aromatic rings. The van der Waals surface area contributed by atoms with Crippen LogP contribution in [-0.4, -0.2) is 19.2 Å². The Balaban J connectivity index is 3.31. The molecule has 0 bridgehead atoms. The lowest BCUT2D eigenvalue weighted by molar-refractivity contribution is 0.145. The van der Waals surface area contributed by atoms with E-state index in [-0.39, 0.29) is 16.7 Å². The second kappa shape index (κ2) is 4.41. The number of rotatable bonds is 3. The van der Waals surface area contributed by atoms with Gasteiger partial charge in [-0.2, -0.15) is 0 Å². The van der Waals surface area contributed by atoms with E-state index in [0.717, 1.165) is 0 Å². The monoisotopic (exact) mass is 223 g/mol. The number of hydrogen-bond acceptors (Lipinski definition) is 3. The largest absolute Gasteiger partial charge is 0.494 e. The molecule has 0 spiro atoms. The minimum Gasteiger partial charge on any atom is -0.494 e. The summed E-state index contributed by atoms with van der Waals surface area (Å²) in [5, 5.41) is -0.172. The van der Waals surface area contributed by atoms with Crippen LogP contribution < -0.4 is 9.47 Å². The molecule has 0 unspecified atom stereocenters. The summed E-state index contributed by atoms with van der Waals surface area (Å²) in [6.07, 6.45) is -1.52. The van der Waals surface area contributed by atoms with E-state index in [1.807, 2.05) is 0 Å². The zero-order chi connectivity index (χ0) is 10.7. The first kappa shape index (κ1) is 11.0. The van der Waals surface area contributed by atoms with Crippen molar-refractivity contribution >= 4 is 11.6 Å². The number of methoxy groups -OCH3 is 2. The fourth-order valence-corrected chi connectivity index (χ4v) is 1.25. The molecule has 78 valence electrons. The molecule has 0 atom stereocenters. The number of hydrogen-bond donors (Lipinski definition) is 0. The van der Waals surface area contributed by atoms with Gasteiger partial charge >= 0.3 is 0 Å². The Hall–Kier alpha value is -1.10. The molecule has 0 saturated carbocycles. The summed E-state index contributed by atoms with van der Waals surface area (Å²) in [5.74, 6) is -0.0893. The van der Waals surface area contributed by atoms with Gasteiger partial charge < -0.3 is 9.47 Å². The van der Waals surface area contributed by atoms with Crippen molar-refractivity contribution < 1.29 is 18.3 Å². The lowest BCUT2D eigenvalue weighted by atomic mass is 10.2. The van der Waals surface area contributed by atoms with Gasteiger partial charge in [0.1, 0.15) is 5.56 Å². The summed E-state index contributed by atoms with van der Waals surface area (Å²) in [5.41, 5.74) is -0.450. The molecule has 3 nitrogen and oxygen atoms in total. The van der Waals surface area contributed by atoms with Gasteiger partial charge in [0.25, 0.3) is 6.43 Å². The SMILES string of the molecule is COc1cnc(OC)c(C(F)F)c1Cl. The van der Waals surface area contributed by atoms with Crippen molar-refractivity contribution in [3.8, 4) is 11.6 Å². The van der Waals surface area contributed by atoms with E-state index in [2.05, 4.69) is 9.72 Å². The van der Waals surface area contributed by atoms with Gasteiger partial charge in [-0.15, -0.1) is 0 Å². The topological polar surface area (TPSA) is 31.4 Å². The van der Waals surface area contributed by atoms with Gasteiger partial charge in [-0.1, -0.05) is 11.6 Å². The Labute approximate surface area is 84.6 Å². The quantitative estimate of drug-likeness (QED) is 0.790. The van der Waals surface area contributed by atoms with Crippen molar-refractivity contribution in [1.82, 2.24) is 4.98 Å². The predicted octanol–water partition coefficient (Wildman–Crippen LogP) is 2.69. The van der Waals surface area contributed by atoms with Crippen LogP contribution in [0.3, 0.4) is 0 Å². The predicted molar refractivity (Wildman–Crippen MR) is 47.3 cm³/mol. The average Bonchev–Trinajstić information content (AvgIpc) is 2.16. The molecular formula is C8H8ClF2NO2. The smallest absolute Gasteiger partial charge is 0.270 e. The number of pyridine rings is 1. The minimum atomic E-state index is -2.75. The summed E-state index contributed by atoms with van der Waals surface area (Å²) in [7, 11) is 2.57. The van der Waals surface area contributed by atoms with Crippen LogP contribution >= 0.6 is 11.6 Å². The van der Waals surface area contributed by atoms with Crippen LogP contribution in [0.1, 0.15) is 12.0 Å². The first-order chi connectivity index (χ1) is 6.61. The van der Waals surface area contributed by atoms with E-state index >= 15 is 0 Å². The summed E-state index contributed by atoms with van der Waals surface area (Å²) in [4.78, 5) is 3.64. The third-order valence-electron chi connectivity index (χ3n) is 1.61. The third-order valence-corrected chi connectivity index (χ3v) is 2.00. The minimum absolute atomic E-state index is 0.0998. The third kappa shape index (κ3) is 1.87. The van der Waals surface area contributed by atoms with Gasteiger partial charge in [-0.05, 0) is 0 Å². The standard InChI is InChI=1S/C8H8ClF2NO2/c1-13-4-3-12-8(14-2)5(6(4)9)7(10)11/h3,7H,1-2H3. The Kier molecular flexibility index (Phi) is 3.46. The van der Waals surface area contributed by atoms with Gasteiger partial charge in [-0.3, -0.25) is 0 Å². The average molecular weight is 224 g/mol. The van der Waals surface area contributed by atoms with Gasteiger partial charge in [0.15, 0.2) is 5.75 Å². The van der Waals surface area contributed by atoms with Crippen molar-refractivity contribution in [3.05, 3.63) is 16.8 Å². The number of alkyl halides is 2. The van der Waals surface area contributed by atoms with Crippen molar-refractivity contribution in [2.45, 2.75) is 6.43 Å². The molecule has 0 fully saturated rings. The van der Waals surface area contributed by atoms with Crippen LogP contribution in [0.15, 0.2) is 6.20 Å². The second-order valence-electron chi connectivity index (χ2n) is 2.36. The molecule has 0 aliphatic carbocycles. The van der Waals surface area contributed by atoms with Crippen LogP contribution in [0, 0.1) is 0 Å². The van der Waals surface area contributed by atoms with Crippen LogP contribution in [0.5, 0.6) is 11.6 Å². The van der Waals surface area contributed by atoms with Crippen LogP contribution in [-0.2, 0) is 0 Å². The van der Waals surface area contributed by atoms with Gasteiger partial charge in [-0.25, -0.2) is 13.8 Å². The van der Waals surface area contributed by atoms with E-state index in [4.69, 9.17) is 16.3 Å². The van der Waals surface area contributed by atoms with E-state index in [9.17, 15) is 8.78 Å². The summed E-state index contributed by atoms with van der Waals surface area (Å²) >= 11 is 5.66. The summed E-state index contributed by atoms with van der Waals surface area (Å²) in [6.45, 7) is 0. The van der Waals surface area contributed by atoms with Crippen molar-refractivity contribution in [1.29, 1.82) is 0 Å². The molecule has 14 heavy (non-hydrogen) atoms. The molecule has 1 aromatic heterocycles. The highest BCUT2D eigenvalue weighted by atomic mass is 35.5. The van der Waals surface area contributed by atoms with Gasteiger partial charge in [0.05, 0.1) is 25.4 Å². The highest BCUT2D eigenvalue weighted by molar-refractivity contribution is 6.33. The van der Waals surface area contributed by atoms with Gasteiger partial charge in [0, 0.05) is 0 Å². The Morgan fingerprint density at radius 2 is 2.00 bits per heavy atom. The summed E-state index contributed by atoms with van der Waals surface area (Å²) < 4.78 is 34.5. The highest BCUT2D eigenvalue weighted by Crippen LogP contribution is 2.38. The highest BCUT2D eigenvalue weighted by Gasteiger charge is 2.22. The number of nitrogens with zero attached hydrogens (tertiary/aromatic N) is 1. The molecule has 0 amide bonds. The van der Waals surface area contributed by atoms with Crippen molar-refractivity contribution in [2.75, 3.05) is 14.2 Å². The lowest BCUT2D eigenvalue weighted by Gasteiger charge is -2.10. The number of halogens is 3. The number of ether oxygens (including phenoxy) is 2. The fraction of sp³-hybridized carbons (Fsp3) is 0.375. The Morgan fingerprint density at radius 3 is 2.43 bits per heavy atom. The molecule has 1 rings (SSSR count). The zero-order valence-electron chi connectivity index (χ0n) is 7.55. The molecule has 6 heteroatoms.